The van der Waals surface area contributed by atoms with Crippen LogP contribution in [0.4, 0.5) is 4.79 Å². The normalized spacial score (nSPS) is 14.8. The predicted molar refractivity (Wildman–Crippen MR) is 88.6 cm³/mol. The smallest absolute Gasteiger partial charge is 0.338 e. The van der Waals surface area contributed by atoms with Crippen LogP contribution >= 0.6 is 0 Å². The van der Waals surface area contributed by atoms with Crippen LogP contribution in [-0.2, 0) is 20.9 Å². The van der Waals surface area contributed by atoms with E-state index in [1.54, 1.807) is 29.2 Å². The van der Waals surface area contributed by atoms with E-state index < -0.39 is 24.0 Å². The highest BCUT2D eigenvalue weighted by Crippen LogP contribution is 2.15. The molecule has 8 nitrogen and oxygen atoms in total. The number of nitrogens with one attached hydrogen (secondary N) is 2. The summed E-state index contributed by atoms with van der Waals surface area (Å²) in [5.41, 5.74) is 1.20. The molecule has 1 aliphatic heterocycles. The van der Waals surface area contributed by atoms with Crippen LogP contribution in [0, 0.1) is 0 Å². The van der Waals surface area contributed by atoms with E-state index in [-0.39, 0.29) is 11.5 Å². The number of imide groups is 1. The number of benzene rings is 1. The molecule has 0 spiro atoms. The topological polar surface area (TPSA) is 105 Å². The summed E-state index contributed by atoms with van der Waals surface area (Å²) in [5, 5.41) is 4.27. The fourth-order valence-corrected chi connectivity index (χ4v) is 2.40. The van der Waals surface area contributed by atoms with Crippen LogP contribution in [0.5, 0.6) is 0 Å². The summed E-state index contributed by atoms with van der Waals surface area (Å²) in [4.78, 5) is 48.2. The zero-order valence-electron chi connectivity index (χ0n) is 14.2. The van der Waals surface area contributed by atoms with E-state index in [2.05, 4.69) is 5.32 Å². The Morgan fingerprint density at radius 3 is 2.48 bits per heavy atom. The van der Waals surface area contributed by atoms with Crippen LogP contribution in [0.1, 0.15) is 35.7 Å². The van der Waals surface area contributed by atoms with Crippen LogP contribution in [0.3, 0.4) is 0 Å². The van der Waals surface area contributed by atoms with Gasteiger partial charge in [-0.2, -0.15) is 0 Å². The Hall–Kier alpha value is -2.90. The van der Waals surface area contributed by atoms with Crippen LogP contribution in [0.2, 0.25) is 0 Å². The third kappa shape index (κ3) is 5.03. The Kier molecular flexibility index (Phi) is 6.10. The maximum Gasteiger partial charge on any atom is 0.338 e. The molecule has 0 saturated carbocycles. The van der Waals surface area contributed by atoms with Crippen LogP contribution in [0.25, 0.3) is 0 Å². The zero-order chi connectivity index (χ0) is 18.4. The summed E-state index contributed by atoms with van der Waals surface area (Å²) in [5.74, 6) is -1.24. The average Bonchev–Trinajstić information content (AvgIpc) is 3.00. The molecule has 2 rings (SSSR count). The van der Waals surface area contributed by atoms with Crippen molar-refractivity contribution in [1.29, 1.82) is 0 Å². The number of carbonyl (C=O) groups is 4. The molecule has 0 aliphatic carbocycles. The van der Waals surface area contributed by atoms with E-state index >= 15 is 0 Å². The lowest BCUT2D eigenvalue weighted by Crippen LogP contribution is -2.43. The Morgan fingerprint density at radius 1 is 1.24 bits per heavy atom. The minimum Gasteiger partial charge on any atom is -0.449 e. The zero-order valence-corrected chi connectivity index (χ0v) is 14.2. The number of rotatable bonds is 5. The van der Waals surface area contributed by atoms with Crippen molar-refractivity contribution in [3.05, 3.63) is 35.4 Å². The molecule has 1 aromatic rings. The fourth-order valence-electron chi connectivity index (χ4n) is 2.40. The molecule has 25 heavy (non-hydrogen) atoms. The van der Waals surface area contributed by atoms with Gasteiger partial charge in [0.15, 0.2) is 6.10 Å². The molecule has 8 heteroatoms. The van der Waals surface area contributed by atoms with Gasteiger partial charge in [-0.15, -0.1) is 0 Å². The number of urea groups is 1. The summed E-state index contributed by atoms with van der Waals surface area (Å²) in [6.07, 6.45) is 0.353. The van der Waals surface area contributed by atoms with Gasteiger partial charge in [0.25, 0.3) is 5.91 Å². The Morgan fingerprint density at radius 2 is 1.92 bits per heavy atom. The van der Waals surface area contributed by atoms with Gasteiger partial charge in [0.2, 0.25) is 5.91 Å². The van der Waals surface area contributed by atoms with Gasteiger partial charge in [0.1, 0.15) is 0 Å². The molecular weight excluding hydrogens is 326 g/mol. The molecule has 4 amide bonds. The Bertz CT molecular complexity index is 671. The molecule has 1 saturated heterocycles. The largest absolute Gasteiger partial charge is 0.449 e. The molecule has 0 aromatic heterocycles. The number of likely N-dealkylation sites (tertiary alicyclic amines) is 1. The quantitative estimate of drug-likeness (QED) is 0.767. The third-order valence-electron chi connectivity index (χ3n) is 3.85. The molecule has 1 aliphatic rings. The van der Waals surface area contributed by atoms with E-state index in [1.165, 1.54) is 14.0 Å². The second-order valence-corrected chi connectivity index (χ2v) is 5.73. The summed E-state index contributed by atoms with van der Waals surface area (Å²) >= 11 is 0. The van der Waals surface area contributed by atoms with Gasteiger partial charge >= 0.3 is 12.0 Å². The predicted octanol–water partition coefficient (Wildman–Crippen LogP) is 0.810. The molecule has 0 bridgehead atoms. The summed E-state index contributed by atoms with van der Waals surface area (Å²) in [6, 6.07) is 5.99. The minimum absolute atomic E-state index is 0.138. The van der Waals surface area contributed by atoms with Crippen molar-refractivity contribution in [3.63, 3.8) is 0 Å². The van der Waals surface area contributed by atoms with Gasteiger partial charge in [-0.25, -0.2) is 9.59 Å². The first-order chi connectivity index (χ1) is 11.9. The molecular formula is C17H21N3O5. The first-order valence-corrected chi connectivity index (χ1v) is 8.01. The van der Waals surface area contributed by atoms with Crippen molar-refractivity contribution in [2.45, 2.75) is 32.4 Å². The van der Waals surface area contributed by atoms with Gasteiger partial charge in [-0.1, -0.05) is 12.1 Å². The number of ether oxygens (including phenoxy) is 1. The number of amides is 4. The van der Waals surface area contributed by atoms with E-state index in [0.29, 0.717) is 13.0 Å². The van der Waals surface area contributed by atoms with Crippen molar-refractivity contribution >= 4 is 23.8 Å². The van der Waals surface area contributed by atoms with Crippen molar-refractivity contribution in [1.82, 2.24) is 15.5 Å². The summed E-state index contributed by atoms with van der Waals surface area (Å²) < 4.78 is 5.04. The van der Waals surface area contributed by atoms with E-state index in [4.69, 9.17) is 4.74 Å². The van der Waals surface area contributed by atoms with Crippen molar-refractivity contribution < 1.29 is 23.9 Å². The second kappa shape index (κ2) is 8.27. The lowest BCUT2D eigenvalue weighted by Gasteiger charge is -2.16. The maximum absolute atomic E-state index is 12.1. The van der Waals surface area contributed by atoms with E-state index in [1.807, 2.05) is 5.32 Å². The SMILES string of the molecule is CNC(=O)NC(=O)[C@@H](C)OC(=O)c1ccc(CN2CCCC2=O)cc1. The van der Waals surface area contributed by atoms with Gasteiger partial charge in [0, 0.05) is 26.6 Å². The van der Waals surface area contributed by atoms with Gasteiger partial charge in [-0.3, -0.25) is 14.9 Å². The molecule has 0 unspecified atom stereocenters. The van der Waals surface area contributed by atoms with Crippen LogP contribution < -0.4 is 10.6 Å². The molecule has 1 atom stereocenters. The number of hydrogen-bond donors (Lipinski definition) is 2. The van der Waals surface area contributed by atoms with Gasteiger partial charge in [0.05, 0.1) is 5.56 Å². The van der Waals surface area contributed by atoms with Gasteiger partial charge < -0.3 is 15.0 Å². The number of hydrogen-bond acceptors (Lipinski definition) is 5. The van der Waals surface area contributed by atoms with Crippen molar-refractivity contribution in [3.8, 4) is 0 Å². The highest BCUT2D eigenvalue weighted by molar-refractivity contribution is 5.98. The lowest BCUT2D eigenvalue weighted by atomic mass is 10.1. The van der Waals surface area contributed by atoms with E-state index in [9.17, 15) is 19.2 Å². The molecule has 1 fully saturated rings. The molecule has 2 N–H and O–H groups in total. The van der Waals surface area contributed by atoms with Crippen molar-refractivity contribution in [2.24, 2.45) is 0 Å². The Balaban J connectivity index is 1.90. The molecule has 134 valence electrons. The molecule has 1 heterocycles. The van der Waals surface area contributed by atoms with Gasteiger partial charge in [-0.05, 0) is 31.0 Å². The fraction of sp³-hybridized carbons (Fsp3) is 0.412. The number of nitrogens with zero attached hydrogens (tertiary/aromatic N) is 1. The Labute approximate surface area is 145 Å². The summed E-state index contributed by atoms with van der Waals surface area (Å²) in [7, 11) is 1.37. The lowest BCUT2D eigenvalue weighted by molar-refractivity contribution is -0.128. The number of esters is 1. The van der Waals surface area contributed by atoms with Crippen LogP contribution in [0.15, 0.2) is 24.3 Å². The number of carbonyl (C=O) groups excluding carboxylic acids is 4. The monoisotopic (exact) mass is 347 g/mol. The maximum atomic E-state index is 12.1. The first-order valence-electron chi connectivity index (χ1n) is 8.01. The third-order valence-corrected chi connectivity index (χ3v) is 3.85. The summed E-state index contributed by atoms with van der Waals surface area (Å²) in [6.45, 7) is 2.64. The highest BCUT2D eigenvalue weighted by Gasteiger charge is 2.22. The minimum atomic E-state index is -1.10. The van der Waals surface area contributed by atoms with Crippen LogP contribution in [-0.4, -0.2) is 48.4 Å². The average molecular weight is 347 g/mol. The first kappa shape index (κ1) is 18.4. The molecule has 1 aromatic carbocycles. The standard InChI is InChI=1S/C17H21N3O5/c1-11(15(22)19-17(24)18-2)25-16(23)13-7-5-12(6-8-13)10-20-9-3-4-14(20)21/h5-8,11H,3-4,9-10H2,1-2H3,(H2,18,19,22,24)/t11-/m1/s1. The molecule has 0 radical (unpaired) electrons. The van der Waals surface area contributed by atoms with Crippen molar-refractivity contribution in [2.75, 3.05) is 13.6 Å². The second-order valence-electron chi connectivity index (χ2n) is 5.73. The van der Waals surface area contributed by atoms with E-state index in [0.717, 1.165) is 18.5 Å². The highest BCUT2D eigenvalue weighted by atomic mass is 16.5.